The number of carbonyl (C=O) groups is 2. The van der Waals surface area contributed by atoms with Gasteiger partial charge in [0.2, 0.25) is 0 Å². The molecule has 0 bridgehead atoms. The van der Waals surface area contributed by atoms with Crippen molar-refractivity contribution in [3.63, 3.8) is 0 Å². The number of benzene rings is 3. The van der Waals surface area contributed by atoms with Gasteiger partial charge in [0.1, 0.15) is 18.4 Å². The number of hydrogen-bond donors (Lipinski definition) is 1. The number of esters is 1. The Labute approximate surface area is 170 Å². The summed E-state index contributed by atoms with van der Waals surface area (Å²) in [5.41, 5.74) is 2.75. The predicted octanol–water partition coefficient (Wildman–Crippen LogP) is 4.44. The van der Waals surface area contributed by atoms with Crippen molar-refractivity contribution >= 4 is 12.1 Å². The van der Waals surface area contributed by atoms with Crippen molar-refractivity contribution in [2.24, 2.45) is 0 Å². The lowest BCUT2D eigenvalue weighted by Gasteiger charge is -2.18. The van der Waals surface area contributed by atoms with Gasteiger partial charge >= 0.3 is 12.1 Å². The van der Waals surface area contributed by atoms with E-state index >= 15 is 0 Å². The lowest BCUT2D eigenvalue weighted by Crippen LogP contribution is -2.44. The second kappa shape index (κ2) is 10.1. The van der Waals surface area contributed by atoms with Gasteiger partial charge in [-0.25, -0.2) is 9.59 Å². The quantitative estimate of drug-likeness (QED) is 0.479. The zero-order valence-electron chi connectivity index (χ0n) is 16.2. The number of alkyl carbamates (subject to hydrolysis) is 1. The summed E-state index contributed by atoms with van der Waals surface area (Å²) in [5.74, 6) is -0.108. The molecule has 0 radical (unpaired) electrons. The first-order chi connectivity index (χ1) is 14.1. The molecule has 1 N–H and O–H groups in total. The second-order valence-corrected chi connectivity index (χ2v) is 6.69. The average Bonchev–Trinajstić information content (AvgIpc) is 2.73. The fraction of sp³-hybridized carbons (Fsp3) is 0.167. The third kappa shape index (κ3) is 6.50. The molecule has 0 aliphatic rings. The highest BCUT2D eigenvalue weighted by Crippen LogP contribution is 2.14. The van der Waals surface area contributed by atoms with E-state index in [1.54, 1.807) is 12.1 Å². The van der Waals surface area contributed by atoms with E-state index in [4.69, 9.17) is 9.47 Å². The average molecular weight is 389 g/mol. The summed E-state index contributed by atoms with van der Waals surface area (Å²) in [6, 6.07) is 25.1. The highest BCUT2D eigenvalue weighted by Gasteiger charge is 2.24. The molecule has 148 valence electrons. The lowest BCUT2D eigenvalue weighted by atomic mass is 10.1. The number of ether oxygens (including phenoxy) is 2. The van der Waals surface area contributed by atoms with Gasteiger partial charge in [-0.1, -0.05) is 72.8 Å². The fourth-order valence-corrected chi connectivity index (χ4v) is 2.82. The Morgan fingerprint density at radius 2 is 1.52 bits per heavy atom. The molecule has 5 heteroatoms. The molecule has 0 unspecified atom stereocenters. The Kier molecular flexibility index (Phi) is 7.00. The molecule has 0 saturated carbocycles. The lowest BCUT2D eigenvalue weighted by molar-refractivity contribution is -0.136. The molecule has 0 aliphatic heterocycles. The Bertz CT molecular complexity index is 941. The van der Waals surface area contributed by atoms with Crippen LogP contribution in [0.3, 0.4) is 0 Å². The van der Waals surface area contributed by atoms with Gasteiger partial charge in [0.25, 0.3) is 0 Å². The van der Waals surface area contributed by atoms with E-state index < -0.39 is 18.1 Å². The molecule has 3 rings (SSSR count). The van der Waals surface area contributed by atoms with Crippen LogP contribution in [0.2, 0.25) is 0 Å². The van der Waals surface area contributed by atoms with E-state index in [0.29, 0.717) is 12.2 Å². The number of nitrogens with one attached hydrogen (secondary N) is 1. The van der Waals surface area contributed by atoms with E-state index in [-0.39, 0.29) is 6.61 Å². The van der Waals surface area contributed by atoms with Gasteiger partial charge in [0, 0.05) is 6.42 Å². The minimum Gasteiger partial charge on any atom is -0.445 e. The van der Waals surface area contributed by atoms with Crippen LogP contribution in [0.4, 0.5) is 4.79 Å². The summed E-state index contributed by atoms with van der Waals surface area (Å²) >= 11 is 0. The molecular formula is C24H23NO4. The zero-order chi connectivity index (χ0) is 20.5. The van der Waals surface area contributed by atoms with Crippen LogP contribution >= 0.6 is 0 Å². The highest BCUT2D eigenvalue weighted by molar-refractivity contribution is 5.83. The minimum atomic E-state index is -0.874. The number of carbonyl (C=O) groups excluding carboxylic acids is 2. The monoisotopic (exact) mass is 389 g/mol. The summed E-state index contributed by atoms with van der Waals surface area (Å²) < 4.78 is 10.7. The molecule has 0 spiro atoms. The highest BCUT2D eigenvalue weighted by atomic mass is 16.6. The zero-order valence-corrected chi connectivity index (χ0v) is 16.2. The van der Waals surface area contributed by atoms with Crippen LogP contribution in [0.5, 0.6) is 5.75 Å². The molecule has 0 aliphatic carbocycles. The Hall–Kier alpha value is -3.60. The largest absolute Gasteiger partial charge is 0.445 e. The van der Waals surface area contributed by atoms with Gasteiger partial charge in [-0.3, -0.25) is 0 Å². The van der Waals surface area contributed by atoms with Crippen molar-refractivity contribution in [1.82, 2.24) is 5.32 Å². The maximum Gasteiger partial charge on any atom is 0.408 e. The van der Waals surface area contributed by atoms with Gasteiger partial charge in [0.15, 0.2) is 0 Å². The maximum atomic E-state index is 12.7. The fourth-order valence-electron chi connectivity index (χ4n) is 2.82. The van der Waals surface area contributed by atoms with Crippen LogP contribution in [0.1, 0.15) is 16.7 Å². The predicted molar refractivity (Wildman–Crippen MR) is 111 cm³/mol. The Balaban J connectivity index is 1.66. The molecule has 0 aromatic heterocycles. The normalized spacial score (nSPS) is 11.3. The van der Waals surface area contributed by atoms with Crippen molar-refractivity contribution < 1.29 is 19.1 Å². The van der Waals surface area contributed by atoms with Crippen molar-refractivity contribution in [2.75, 3.05) is 0 Å². The van der Waals surface area contributed by atoms with Gasteiger partial charge < -0.3 is 14.8 Å². The van der Waals surface area contributed by atoms with Crippen LogP contribution in [-0.2, 0) is 22.6 Å². The summed E-state index contributed by atoms with van der Waals surface area (Å²) in [6.45, 7) is 2.04. The molecule has 29 heavy (non-hydrogen) atoms. The van der Waals surface area contributed by atoms with Gasteiger partial charge in [-0.2, -0.15) is 0 Å². The molecule has 3 aromatic carbocycles. The van der Waals surface area contributed by atoms with E-state index in [2.05, 4.69) is 5.32 Å². The Morgan fingerprint density at radius 1 is 0.862 bits per heavy atom. The summed E-state index contributed by atoms with van der Waals surface area (Å²) in [7, 11) is 0. The first kappa shape index (κ1) is 20.1. The van der Waals surface area contributed by atoms with E-state index in [0.717, 1.165) is 16.7 Å². The Morgan fingerprint density at radius 3 is 2.17 bits per heavy atom. The maximum absolute atomic E-state index is 12.7. The van der Waals surface area contributed by atoms with Crippen LogP contribution in [0, 0.1) is 6.92 Å². The van der Waals surface area contributed by atoms with E-state index in [1.807, 2.05) is 79.7 Å². The number of aryl methyl sites for hydroxylation is 1. The van der Waals surface area contributed by atoms with Gasteiger partial charge in [-0.15, -0.1) is 0 Å². The van der Waals surface area contributed by atoms with Crippen LogP contribution in [0.25, 0.3) is 0 Å². The van der Waals surface area contributed by atoms with Crippen molar-refractivity contribution in [3.05, 3.63) is 102 Å². The second-order valence-electron chi connectivity index (χ2n) is 6.69. The third-order valence-electron chi connectivity index (χ3n) is 4.28. The molecule has 0 fully saturated rings. The van der Waals surface area contributed by atoms with Crippen LogP contribution in [0.15, 0.2) is 84.9 Å². The first-order valence-electron chi connectivity index (χ1n) is 9.39. The van der Waals surface area contributed by atoms with Crippen LogP contribution < -0.4 is 10.1 Å². The molecule has 0 heterocycles. The minimum absolute atomic E-state index is 0.123. The standard InChI is InChI=1S/C24H23NO4/c1-18-9-8-14-21(15-18)29-23(26)22(16-19-10-4-2-5-11-19)25-24(27)28-17-20-12-6-3-7-13-20/h2-15,22H,16-17H2,1H3,(H,25,27)/t22-/m0/s1. The van der Waals surface area contributed by atoms with E-state index in [1.165, 1.54) is 0 Å². The molecule has 1 atom stereocenters. The number of rotatable bonds is 7. The van der Waals surface area contributed by atoms with Crippen molar-refractivity contribution in [2.45, 2.75) is 26.0 Å². The topological polar surface area (TPSA) is 64.6 Å². The molecular weight excluding hydrogens is 366 g/mol. The smallest absolute Gasteiger partial charge is 0.408 e. The molecule has 0 saturated heterocycles. The summed E-state index contributed by atoms with van der Waals surface area (Å²) in [5, 5.41) is 2.63. The van der Waals surface area contributed by atoms with Crippen LogP contribution in [-0.4, -0.2) is 18.1 Å². The van der Waals surface area contributed by atoms with Crippen molar-refractivity contribution in [3.8, 4) is 5.75 Å². The summed E-state index contributed by atoms with van der Waals surface area (Å²) in [4.78, 5) is 25.0. The molecule has 1 amide bonds. The van der Waals surface area contributed by atoms with Gasteiger partial charge in [0.05, 0.1) is 0 Å². The SMILES string of the molecule is Cc1cccc(OC(=O)[C@H](Cc2ccccc2)NC(=O)OCc2ccccc2)c1. The first-order valence-corrected chi connectivity index (χ1v) is 9.39. The van der Waals surface area contributed by atoms with Crippen molar-refractivity contribution in [1.29, 1.82) is 0 Å². The molecule has 5 nitrogen and oxygen atoms in total. The van der Waals surface area contributed by atoms with Gasteiger partial charge in [-0.05, 0) is 35.7 Å². The third-order valence-corrected chi connectivity index (χ3v) is 4.28. The summed E-state index contributed by atoms with van der Waals surface area (Å²) in [6.07, 6.45) is -0.373. The molecule has 3 aromatic rings. The number of amides is 1. The number of hydrogen-bond acceptors (Lipinski definition) is 4. The van der Waals surface area contributed by atoms with E-state index in [9.17, 15) is 9.59 Å².